The topological polar surface area (TPSA) is 134 Å². The van der Waals surface area contributed by atoms with E-state index in [1.807, 2.05) is 0 Å². The number of allylic oxidation sites excluding steroid dienone is 22. The number of nitrogens with two attached hydrogens (primary N) is 1. The lowest BCUT2D eigenvalue weighted by atomic mass is 10.0. The van der Waals surface area contributed by atoms with Gasteiger partial charge in [0.2, 0.25) is 0 Å². The van der Waals surface area contributed by atoms with E-state index in [2.05, 4.69) is 148 Å². The molecule has 0 bridgehead atoms. The molecule has 9 nitrogen and oxygen atoms in total. The minimum absolute atomic E-state index is 0.0483. The van der Waals surface area contributed by atoms with E-state index in [0.717, 1.165) is 103 Å². The summed E-state index contributed by atoms with van der Waals surface area (Å²) in [5.41, 5.74) is 5.40. The molecule has 0 rings (SSSR count). The molecule has 0 spiro atoms. The number of hydrogen-bond donors (Lipinski definition) is 2. The third-order valence-electron chi connectivity index (χ3n) is 15.0. The summed E-state index contributed by atoms with van der Waals surface area (Å²) in [6, 6.07) is 0. The van der Waals surface area contributed by atoms with Gasteiger partial charge in [-0.2, -0.15) is 0 Å². The second-order valence-corrected chi connectivity index (χ2v) is 24.8. The van der Waals surface area contributed by atoms with Crippen molar-refractivity contribution >= 4 is 19.8 Å². The van der Waals surface area contributed by atoms with Crippen LogP contribution in [0, 0.1) is 0 Å². The minimum atomic E-state index is -4.40. The Labute approximate surface area is 535 Å². The van der Waals surface area contributed by atoms with Gasteiger partial charge in [0.1, 0.15) is 6.61 Å². The van der Waals surface area contributed by atoms with E-state index in [1.165, 1.54) is 173 Å². The van der Waals surface area contributed by atoms with Gasteiger partial charge < -0.3 is 20.1 Å². The van der Waals surface area contributed by atoms with Crippen molar-refractivity contribution in [1.82, 2.24) is 0 Å². The Morgan fingerprint density at radius 2 is 0.632 bits per heavy atom. The fraction of sp³-hybridized carbons (Fsp3) is 0.688. The van der Waals surface area contributed by atoms with E-state index in [1.54, 1.807) is 0 Å². The monoisotopic (exact) mass is 1230 g/mol. The van der Waals surface area contributed by atoms with Crippen LogP contribution in [-0.2, 0) is 32.7 Å². The van der Waals surface area contributed by atoms with Crippen molar-refractivity contribution in [2.75, 3.05) is 26.4 Å². The van der Waals surface area contributed by atoms with Crippen molar-refractivity contribution < 1.29 is 37.6 Å². The van der Waals surface area contributed by atoms with Crippen LogP contribution in [0.2, 0.25) is 0 Å². The van der Waals surface area contributed by atoms with Crippen LogP contribution in [0.3, 0.4) is 0 Å². The second-order valence-electron chi connectivity index (χ2n) is 23.4. The number of phosphoric acid groups is 1. The summed E-state index contributed by atoms with van der Waals surface area (Å²) in [4.78, 5) is 35.4. The standard InChI is InChI=1S/C77H132NO8P/c1-3-5-7-9-11-13-15-17-19-21-23-25-27-29-31-33-34-35-36-37-38-39-40-42-44-46-48-50-52-54-56-58-60-62-64-66-68-70-77(80)86-75(74-85-87(81,82)84-72-71-78)73-83-76(79)69-67-65-63-61-59-57-55-53-51-49-47-45-43-41-32-30-28-26-24-22-20-18-16-14-12-10-8-6-4-2/h5,7,11,13,16-19,22-25,28-31,34-35,37-38,40,42,75H,3-4,6,8-10,12,14-15,20-21,26-27,32-33,36,39,41,43-74,78H2,1-2H3,(H,81,82)/b7-5-,13-11-,18-16-,19-17-,24-22-,25-23-,30-28-,31-29-,35-34-,38-37-,42-40-. The molecule has 0 radical (unpaired) electrons. The zero-order chi connectivity index (χ0) is 63.0. The Hall–Kier alpha value is -3.85. The maximum absolute atomic E-state index is 12.8. The number of esters is 2. The van der Waals surface area contributed by atoms with Crippen LogP contribution in [0.1, 0.15) is 309 Å². The number of ether oxygens (including phenoxy) is 2. The molecular weight excluding hydrogens is 1100 g/mol. The molecule has 0 heterocycles. The van der Waals surface area contributed by atoms with Gasteiger partial charge >= 0.3 is 19.8 Å². The fourth-order valence-corrected chi connectivity index (χ4v) is 10.5. The highest BCUT2D eigenvalue weighted by molar-refractivity contribution is 7.47. The molecule has 10 heteroatoms. The Morgan fingerprint density at radius 1 is 0.356 bits per heavy atom. The Morgan fingerprint density at radius 3 is 0.943 bits per heavy atom. The van der Waals surface area contributed by atoms with E-state index in [-0.39, 0.29) is 38.6 Å². The zero-order valence-corrected chi connectivity index (χ0v) is 56.9. The van der Waals surface area contributed by atoms with Gasteiger partial charge in [-0.3, -0.25) is 18.6 Å². The first kappa shape index (κ1) is 83.2. The summed E-state index contributed by atoms with van der Waals surface area (Å²) in [6.07, 6.45) is 101. The molecule has 0 saturated heterocycles. The fourth-order valence-electron chi connectivity index (χ4n) is 9.78. The van der Waals surface area contributed by atoms with Gasteiger partial charge in [-0.15, -0.1) is 0 Å². The molecule has 0 aliphatic rings. The summed E-state index contributed by atoms with van der Waals surface area (Å²) in [6.45, 7) is 3.64. The highest BCUT2D eigenvalue weighted by Gasteiger charge is 2.26. The molecule has 498 valence electrons. The van der Waals surface area contributed by atoms with E-state index < -0.39 is 26.5 Å². The van der Waals surface area contributed by atoms with Gasteiger partial charge in [0, 0.05) is 19.4 Å². The lowest BCUT2D eigenvalue weighted by Crippen LogP contribution is -2.29. The Balaban J connectivity index is 3.92. The Bertz CT molecular complexity index is 1890. The van der Waals surface area contributed by atoms with Crippen LogP contribution in [0.25, 0.3) is 0 Å². The van der Waals surface area contributed by atoms with E-state index in [4.69, 9.17) is 24.3 Å². The second kappa shape index (κ2) is 71.2. The predicted molar refractivity (Wildman–Crippen MR) is 376 cm³/mol. The van der Waals surface area contributed by atoms with E-state index >= 15 is 0 Å². The van der Waals surface area contributed by atoms with Crippen molar-refractivity contribution in [3.05, 3.63) is 134 Å². The van der Waals surface area contributed by atoms with Gasteiger partial charge in [0.25, 0.3) is 0 Å². The molecular formula is C77H132NO8P. The number of unbranched alkanes of at least 4 members (excludes halogenated alkanes) is 31. The zero-order valence-electron chi connectivity index (χ0n) is 56.0. The molecule has 0 aliphatic carbocycles. The molecule has 0 aliphatic heterocycles. The molecule has 0 aromatic heterocycles. The largest absolute Gasteiger partial charge is 0.472 e. The van der Waals surface area contributed by atoms with Crippen molar-refractivity contribution in [2.45, 2.75) is 315 Å². The molecule has 2 unspecified atom stereocenters. The van der Waals surface area contributed by atoms with Crippen molar-refractivity contribution in [3.63, 3.8) is 0 Å². The van der Waals surface area contributed by atoms with Gasteiger partial charge in [0.15, 0.2) is 6.10 Å². The number of carbonyl (C=O) groups is 2. The van der Waals surface area contributed by atoms with Crippen LogP contribution >= 0.6 is 7.82 Å². The maximum atomic E-state index is 12.8. The van der Waals surface area contributed by atoms with Crippen LogP contribution < -0.4 is 5.73 Å². The summed E-state index contributed by atoms with van der Waals surface area (Å²) in [5.74, 6) is -0.828. The lowest BCUT2D eigenvalue weighted by molar-refractivity contribution is -0.161. The minimum Gasteiger partial charge on any atom is -0.462 e. The molecule has 0 aromatic carbocycles. The first-order chi connectivity index (χ1) is 42.8. The molecule has 0 aromatic rings. The van der Waals surface area contributed by atoms with Crippen LogP contribution in [0.4, 0.5) is 0 Å². The van der Waals surface area contributed by atoms with Gasteiger partial charge in [0.05, 0.1) is 13.2 Å². The molecule has 2 atom stereocenters. The molecule has 0 saturated carbocycles. The Kier molecular flexibility index (Phi) is 68.1. The van der Waals surface area contributed by atoms with Crippen molar-refractivity contribution in [3.8, 4) is 0 Å². The van der Waals surface area contributed by atoms with Crippen LogP contribution in [0.5, 0.6) is 0 Å². The third-order valence-corrected chi connectivity index (χ3v) is 16.0. The summed E-state index contributed by atoms with van der Waals surface area (Å²) >= 11 is 0. The number of carbonyl (C=O) groups excluding carboxylic acids is 2. The molecule has 0 fully saturated rings. The quantitative estimate of drug-likeness (QED) is 0.0264. The van der Waals surface area contributed by atoms with E-state index in [0.29, 0.717) is 6.42 Å². The number of phosphoric ester groups is 1. The summed E-state index contributed by atoms with van der Waals surface area (Å²) < 4.78 is 33.2. The normalized spacial score (nSPS) is 13.7. The van der Waals surface area contributed by atoms with Crippen molar-refractivity contribution in [1.29, 1.82) is 0 Å². The van der Waals surface area contributed by atoms with Gasteiger partial charge in [-0.25, -0.2) is 4.57 Å². The first-order valence-corrected chi connectivity index (χ1v) is 37.2. The van der Waals surface area contributed by atoms with Gasteiger partial charge in [-0.05, 0) is 116 Å². The summed E-state index contributed by atoms with van der Waals surface area (Å²) in [7, 11) is -4.40. The number of rotatable bonds is 66. The average molecular weight is 1230 g/mol. The van der Waals surface area contributed by atoms with E-state index in [9.17, 15) is 19.0 Å². The predicted octanol–water partition coefficient (Wildman–Crippen LogP) is 23.6. The first-order valence-electron chi connectivity index (χ1n) is 35.7. The van der Waals surface area contributed by atoms with Crippen LogP contribution in [-0.4, -0.2) is 49.3 Å². The third kappa shape index (κ3) is 71.1. The SMILES string of the molecule is CC/C=C\C/C=C\C/C=C\C/C=C\C/C=C\C/C=C\C/C=C\C/C=C\CCCCCCCCCCCCCCC(=O)OC(COC(=O)CCCCCCCCCCCCCCCC/C=C\C/C=C\C/C=C\CCCCCCC)COP(=O)(O)OCCN. The summed E-state index contributed by atoms with van der Waals surface area (Å²) in [5, 5.41) is 0. The molecule has 3 N–H and O–H groups in total. The molecule has 0 amide bonds. The number of hydrogen-bond acceptors (Lipinski definition) is 8. The average Bonchev–Trinajstić information content (AvgIpc) is 3.65. The van der Waals surface area contributed by atoms with Gasteiger partial charge in [-0.1, -0.05) is 314 Å². The maximum Gasteiger partial charge on any atom is 0.472 e. The molecule has 87 heavy (non-hydrogen) atoms. The van der Waals surface area contributed by atoms with Crippen molar-refractivity contribution in [2.24, 2.45) is 5.73 Å². The highest BCUT2D eigenvalue weighted by atomic mass is 31.2. The lowest BCUT2D eigenvalue weighted by Gasteiger charge is -2.19. The smallest absolute Gasteiger partial charge is 0.462 e. The highest BCUT2D eigenvalue weighted by Crippen LogP contribution is 2.43. The van der Waals surface area contributed by atoms with Crippen LogP contribution in [0.15, 0.2) is 134 Å².